The van der Waals surface area contributed by atoms with Crippen molar-refractivity contribution in [2.24, 2.45) is 0 Å². The molecule has 0 spiro atoms. The number of benzene rings is 2. The molecule has 238 valence electrons. The summed E-state index contributed by atoms with van der Waals surface area (Å²) in [7, 11) is 2.14. The molecule has 3 N–H and O–H groups in total. The van der Waals surface area contributed by atoms with Gasteiger partial charge in [-0.15, -0.1) is 0 Å². The van der Waals surface area contributed by atoms with Gasteiger partial charge in [0, 0.05) is 59.0 Å². The number of rotatable bonds is 6. The normalized spacial score (nSPS) is 20.0. The fourth-order valence-corrected chi connectivity index (χ4v) is 6.59. The SMILES string of the molecule is C[C@H](C#Cc1cccc2c1CN(C1CCC(=O)NC1=O)C2=O)Oc1ccc(C(=O)Nc2cc3[nH]c([C@H]4CCCN4C)cc3cn2)cc1. The van der Waals surface area contributed by atoms with Gasteiger partial charge in [-0.3, -0.25) is 29.4 Å². The van der Waals surface area contributed by atoms with Gasteiger partial charge in [0.2, 0.25) is 11.8 Å². The molecule has 2 saturated heterocycles. The van der Waals surface area contributed by atoms with Crippen LogP contribution in [0.3, 0.4) is 0 Å². The summed E-state index contributed by atoms with van der Waals surface area (Å²) < 4.78 is 5.98. The van der Waals surface area contributed by atoms with Crippen LogP contribution >= 0.6 is 0 Å². The minimum Gasteiger partial charge on any atom is -0.478 e. The highest BCUT2D eigenvalue weighted by molar-refractivity contribution is 6.06. The molecule has 47 heavy (non-hydrogen) atoms. The van der Waals surface area contributed by atoms with Crippen LogP contribution in [-0.2, 0) is 16.1 Å². The van der Waals surface area contributed by atoms with Gasteiger partial charge in [-0.2, -0.15) is 0 Å². The number of likely N-dealkylation sites (tertiary alicyclic amines) is 1. The zero-order valence-electron chi connectivity index (χ0n) is 26.1. The van der Waals surface area contributed by atoms with Gasteiger partial charge in [0.05, 0.1) is 5.52 Å². The number of amides is 4. The van der Waals surface area contributed by atoms with E-state index in [2.05, 4.69) is 50.5 Å². The monoisotopic (exact) mass is 630 g/mol. The summed E-state index contributed by atoms with van der Waals surface area (Å²) in [5, 5.41) is 6.21. The number of hydrogen-bond acceptors (Lipinski definition) is 7. The second-order valence-electron chi connectivity index (χ2n) is 12.3. The smallest absolute Gasteiger partial charge is 0.256 e. The average Bonchev–Trinajstić information content (AvgIpc) is 3.77. The number of aromatic amines is 1. The Bertz CT molecular complexity index is 1970. The van der Waals surface area contributed by atoms with E-state index in [1.54, 1.807) is 42.6 Å². The average molecular weight is 631 g/mol. The topological polar surface area (TPSA) is 137 Å². The first-order valence-electron chi connectivity index (χ1n) is 15.8. The first-order chi connectivity index (χ1) is 22.7. The summed E-state index contributed by atoms with van der Waals surface area (Å²) in [6.07, 6.45) is 4.09. The van der Waals surface area contributed by atoms with Crippen molar-refractivity contribution < 1.29 is 23.9 Å². The summed E-state index contributed by atoms with van der Waals surface area (Å²) in [5.41, 5.74) is 4.50. The summed E-state index contributed by atoms with van der Waals surface area (Å²) >= 11 is 0. The Kier molecular flexibility index (Phi) is 7.95. The number of pyridine rings is 1. The van der Waals surface area contributed by atoms with E-state index in [1.165, 1.54) is 17.0 Å². The number of aromatic nitrogens is 2. The zero-order valence-corrected chi connectivity index (χ0v) is 26.1. The maximum atomic E-state index is 13.1. The Morgan fingerprint density at radius 1 is 1.09 bits per heavy atom. The summed E-state index contributed by atoms with van der Waals surface area (Å²) in [6.45, 7) is 3.15. The molecule has 2 aromatic heterocycles. The molecule has 3 atom stereocenters. The summed E-state index contributed by atoms with van der Waals surface area (Å²) in [5.74, 6) is 5.95. The Morgan fingerprint density at radius 2 is 1.91 bits per heavy atom. The molecule has 5 heterocycles. The van der Waals surface area contributed by atoms with Crippen molar-refractivity contribution in [1.29, 1.82) is 0 Å². The number of hydrogen-bond donors (Lipinski definition) is 3. The molecule has 1 unspecified atom stereocenters. The van der Waals surface area contributed by atoms with Crippen molar-refractivity contribution in [1.82, 2.24) is 25.1 Å². The third-order valence-corrected chi connectivity index (χ3v) is 9.07. The highest BCUT2D eigenvalue weighted by Crippen LogP contribution is 2.32. The summed E-state index contributed by atoms with van der Waals surface area (Å²) in [6, 6.07) is 15.8. The quantitative estimate of drug-likeness (QED) is 0.215. The van der Waals surface area contributed by atoms with Crippen LogP contribution in [-0.4, -0.2) is 69.1 Å². The van der Waals surface area contributed by atoms with Gasteiger partial charge in [-0.1, -0.05) is 17.9 Å². The highest BCUT2D eigenvalue weighted by Gasteiger charge is 2.39. The number of nitrogens with zero attached hydrogens (tertiary/aromatic N) is 3. The molecule has 0 saturated carbocycles. The number of nitrogens with one attached hydrogen (secondary N) is 3. The molecule has 3 aliphatic rings. The second-order valence-corrected chi connectivity index (χ2v) is 12.3. The van der Waals surface area contributed by atoms with Gasteiger partial charge in [-0.05, 0) is 87.8 Å². The van der Waals surface area contributed by atoms with Crippen molar-refractivity contribution in [3.63, 3.8) is 0 Å². The van der Waals surface area contributed by atoms with E-state index in [4.69, 9.17) is 4.74 Å². The number of imide groups is 1. The minimum absolute atomic E-state index is 0.199. The van der Waals surface area contributed by atoms with Crippen LogP contribution in [0.5, 0.6) is 5.75 Å². The number of carbonyl (C=O) groups excluding carboxylic acids is 4. The predicted molar refractivity (Wildman–Crippen MR) is 175 cm³/mol. The molecular formula is C36H34N6O5. The van der Waals surface area contributed by atoms with E-state index < -0.39 is 18.1 Å². The van der Waals surface area contributed by atoms with Gasteiger partial charge in [0.25, 0.3) is 11.8 Å². The summed E-state index contributed by atoms with van der Waals surface area (Å²) in [4.78, 5) is 61.8. The van der Waals surface area contributed by atoms with Crippen molar-refractivity contribution >= 4 is 40.3 Å². The fraction of sp³-hybridized carbons (Fsp3) is 0.306. The molecule has 4 aromatic rings. The van der Waals surface area contributed by atoms with Gasteiger partial charge in [-0.25, -0.2) is 4.98 Å². The standard InChI is InChI=1S/C36H34N6O5/c1-21(8-9-22-5-3-6-26-27(22)20-42(36(26)46)31-14-15-33(43)40-35(31)45)47-25-12-10-23(11-13-25)34(44)39-32-18-28-24(19-37-32)17-29(38-28)30-7-4-16-41(30)2/h3,5-6,10-13,17-19,21,30-31,38H,4,7,14-16,20H2,1-2H3,(H,37,39,44)(H,40,43,45)/t21-,30-,31?/m1/s1. The van der Waals surface area contributed by atoms with Crippen LogP contribution in [0.4, 0.5) is 5.82 Å². The van der Waals surface area contributed by atoms with Crippen molar-refractivity contribution in [2.75, 3.05) is 18.9 Å². The number of H-pyrrole nitrogens is 1. The molecular weight excluding hydrogens is 596 g/mol. The van der Waals surface area contributed by atoms with E-state index >= 15 is 0 Å². The van der Waals surface area contributed by atoms with Crippen molar-refractivity contribution in [2.45, 2.75) is 57.3 Å². The third-order valence-electron chi connectivity index (χ3n) is 9.07. The highest BCUT2D eigenvalue weighted by atomic mass is 16.5. The Labute approximate surface area is 271 Å². The molecule has 2 fully saturated rings. The lowest BCUT2D eigenvalue weighted by atomic mass is 10.0. The molecule has 0 radical (unpaired) electrons. The van der Waals surface area contributed by atoms with Crippen LogP contribution in [0, 0.1) is 11.8 Å². The Morgan fingerprint density at radius 3 is 2.68 bits per heavy atom. The Balaban J connectivity index is 0.973. The van der Waals surface area contributed by atoms with Gasteiger partial charge >= 0.3 is 0 Å². The van der Waals surface area contributed by atoms with E-state index in [0.29, 0.717) is 40.7 Å². The van der Waals surface area contributed by atoms with E-state index in [0.717, 1.165) is 29.4 Å². The van der Waals surface area contributed by atoms with Crippen LogP contribution in [0.15, 0.2) is 60.8 Å². The largest absolute Gasteiger partial charge is 0.478 e. The first-order valence-corrected chi connectivity index (χ1v) is 15.8. The molecule has 7 rings (SSSR count). The lowest BCUT2D eigenvalue weighted by Crippen LogP contribution is -2.52. The maximum absolute atomic E-state index is 13.1. The molecule has 0 bridgehead atoms. The third kappa shape index (κ3) is 6.07. The molecule has 4 amide bonds. The zero-order chi connectivity index (χ0) is 32.7. The molecule has 2 aromatic carbocycles. The van der Waals surface area contributed by atoms with Crippen molar-refractivity contribution in [3.05, 3.63) is 88.7 Å². The predicted octanol–water partition coefficient (Wildman–Crippen LogP) is 4.16. The van der Waals surface area contributed by atoms with Crippen LogP contribution in [0.1, 0.15) is 76.2 Å². The molecule has 0 aliphatic carbocycles. The van der Waals surface area contributed by atoms with Gasteiger partial charge in [0.1, 0.15) is 17.6 Å². The van der Waals surface area contributed by atoms with Crippen LogP contribution < -0.4 is 15.4 Å². The lowest BCUT2D eigenvalue weighted by molar-refractivity contribution is -0.136. The van der Waals surface area contributed by atoms with E-state index in [9.17, 15) is 19.2 Å². The van der Waals surface area contributed by atoms with Gasteiger partial charge < -0.3 is 19.9 Å². The minimum atomic E-state index is -0.684. The first kappa shape index (κ1) is 30.2. The van der Waals surface area contributed by atoms with Gasteiger partial charge in [0.15, 0.2) is 6.10 Å². The number of carbonyl (C=O) groups is 4. The van der Waals surface area contributed by atoms with Crippen molar-refractivity contribution in [3.8, 4) is 17.6 Å². The number of piperidine rings is 1. The van der Waals surface area contributed by atoms with Crippen LogP contribution in [0.2, 0.25) is 0 Å². The van der Waals surface area contributed by atoms with E-state index in [1.807, 2.05) is 19.1 Å². The second kappa shape index (κ2) is 12.4. The lowest BCUT2D eigenvalue weighted by Gasteiger charge is -2.29. The fourth-order valence-electron chi connectivity index (χ4n) is 6.59. The van der Waals surface area contributed by atoms with Crippen LogP contribution in [0.25, 0.3) is 10.9 Å². The maximum Gasteiger partial charge on any atom is 0.256 e. The molecule has 11 heteroatoms. The van der Waals surface area contributed by atoms with E-state index in [-0.39, 0.29) is 30.7 Å². The number of ether oxygens (including phenoxy) is 1. The molecule has 3 aliphatic heterocycles. The number of fused-ring (bicyclic) bond motifs is 2. The molecule has 11 nitrogen and oxygen atoms in total. The Hall–Kier alpha value is -5.47. The number of anilines is 1.